The summed E-state index contributed by atoms with van der Waals surface area (Å²) in [6.45, 7) is 2.37. The van der Waals surface area contributed by atoms with Gasteiger partial charge in [-0.1, -0.05) is 29.8 Å². The van der Waals surface area contributed by atoms with Crippen molar-refractivity contribution in [3.05, 3.63) is 34.9 Å². The number of benzene rings is 1. The Balaban J connectivity index is 2.89. The zero-order valence-corrected chi connectivity index (χ0v) is 12.3. The second-order valence-corrected chi connectivity index (χ2v) is 4.64. The summed E-state index contributed by atoms with van der Waals surface area (Å²) in [6.07, 6.45) is 0.186. The van der Waals surface area contributed by atoms with Crippen molar-refractivity contribution in [2.24, 2.45) is 0 Å². The fourth-order valence-corrected chi connectivity index (χ4v) is 2.03. The summed E-state index contributed by atoms with van der Waals surface area (Å²) in [4.78, 5) is 24.8. The van der Waals surface area contributed by atoms with Crippen LogP contribution in [0, 0.1) is 11.3 Å². The number of nitriles is 1. The molecule has 0 unspecified atom stereocenters. The molecule has 1 aromatic carbocycles. The third kappa shape index (κ3) is 4.65. The van der Waals surface area contributed by atoms with Crippen molar-refractivity contribution < 1.29 is 14.7 Å². The monoisotopic (exact) mass is 309 g/mol. The number of nitrogens with one attached hydrogen (secondary N) is 1. The lowest BCUT2D eigenvalue weighted by Gasteiger charge is -2.23. The maximum Gasteiger partial charge on any atom is 0.331 e. The number of rotatable bonds is 6. The molecule has 6 nitrogen and oxygen atoms in total. The average Bonchev–Trinajstić information content (AvgIpc) is 2.46. The van der Waals surface area contributed by atoms with Crippen LogP contribution in [-0.2, 0) is 4.79 Å². The van der Waals surface area contributed by atoms with E-state index in [-0.39, 0.29) is 18.0 Å². The topological polar surface area (TPSA) is 93.4 Å². The highest BCUT2D eigenvalue weighted by atomic mass is 35.5. The number of carboxylic acid groups (broad SMARTS) is 1. The molecule has 2 N–H and O–H groups in total. The fraction of sp³-hybridized carbons (Fsp3) is 0.357. The van der Waals surface area contributed by atoms with E-state index in [9.17, 15) is 14.7 Å². The van der Waals surface area contributed by atoms with Crippen LogP contribution in [0.1, 0.15) is 24.9 Å². The predicted octanol–water partition coefficient (Wildman–Crippen LogP) is 2.41. The number of aliphatic carboxylic acids is 1. The molecule has 2 amide bonds. The van der Waals surface area contributed by atoms with Gasteiger partial charge in [-0.3, -0.25) is 0 Å². The third-order valence-corrected chi connectivity index (χ3v) is 3.24. The molecule has 0 aliphatic heterocycles. The van der Waals surface area contributed by atoms with Gasteiger partial charge in [-0.2, -0.15) is 5.26 Å². The SMILES string of the molecule is CCN(CCC#N)C(=O)N[C@@H](C(=O)O)c1ccccc1Cl. The Labute approximate surface area is 127 Å². The summed E-state index contributed by atoms with van der Waals surface area (Å²) < 4.78 is 0. The first kappa shape index (κ1) is 16.8. The van der Waals surface area contributed by atoms with Crippen LogP contribution in [0.2, 0.25) is 5.02 Å². The number of nitrogens with zero attached hydrogens (tertiary/aromatic N) is 2. The van der Waals surface area contributed by atoms with E-state index in [2.05, 4.69) is 5.32 Å². The first-order chi connectivity index (χ1) is 10.0. The number of carboxylic acids is 1. The molecule has 1 atom stereocenters. The molecule has 112 valence electrons. The zero-order chi connectivity index (χ0) is 15.8. The van der Waals surface area contributed by atoms with E-state index in [1.807, 2.05) is 6.07 Å². The summed E-state index contributed by atoms with van der Waals surface area (Å²) in [5, 5.41) is 20.5. The largest absolute Gasteiger partial charge is 0.479 e. The molecule has 0 aromatic heterocycles. The molecule has 0 saturated carbocycles. The van der Waals surface area contributed by atoms with Crippen molar-refractivity contribution in [2.45, 2.75) is 19.4 Å². The molecule has 0 bridgehead atoms. The average molecular weight is 310 g/mol. The van der Waals surface area contributed by atoms with Gasteiger partial charge in [0.05, 0.1) is 12.5 Å². The Kier molecular flexibility index (Phi) is 6.50. The standard InChI is InChI=1S/C14H16ClN3O3/c1-2-18(9-5-8-16)14(21)17-12(13(19)20)10-6-3-4-7-11(10)15/h3-4,6-7,12H,2,5,9H2,1H3,(H,17,21)(H,19,20)/t12-/m1/s1. The first-order valence-electron chi connectivity index (χ1n) is 6.40. The van der Waals surface area contributed by atoms with E-state index >= 15 is 0 Å². The Hall–Kier alpha value is -2.26. The molecule has 21 heavy (non-hydrogen) atoms. The summed E-state index contributed by atoms with van der Waals surface area (Å²) in [6, 6.07) is 6.61. The van der Waals surface area contributed by atoms with Crippen molar-refractivity contribution in [2.75, 3.05) is 13.1 Å². The van der Waals surface area contributed by atoms with Gasteiger partial charge < -0.3 is 15.3 Å². The molecular formula is C14H16ClN3O3. The maximum absolute atomic E-state index is 12.1. The minimum atomic E-state index is -1.23. The van der Waals surface area contributed by atoms with Gasteiger partial charge >= 0.3 is 12.0 Å². The van der Waals surface area contributed by atoms with Crippen LogP contribution in [0.4, 0.5) is 4.79 Å². The lowest BCUT2D eigenvalue weighted by Crippen LogP contribution is -2.44. The lowest BCUT2D eigenvalue weighted by atomic mass is 10.1. The van der Waals surface area contributed by atoms with Gasteiger partial charge in [0, 0.05) is 23.7 Å². The molecule has 0 heterocycles. The van der Waals surface area contributed by atoms with E-state index in [0.29, 0.717) is 12.1 Å². The second-order valence-electron chi connectivity index (χ2n) is 4.23. The molecule has 0 radical (unpaired) electrons. The molecule has 0 spiro atoms. The number of amides is 2. The van der Waals surface area contributed by atoms with Crippen molar-refractivity contribution in [3.8, 4) is 6.07 Å². The van der Waals surface area contributed by atoms with Crippen LogP contribution < -0.4 is 5.32 Å². The van der Waals surface area contributed by atoms with Crippen LogP contribution in [0.15, 0.2) is 24.3 Å². The molecule has 7 heteroatoms. The highest BCUT2D eigenvalue weighted by Crippen LogP contribution is 2.23. The lowest BCUT2D eigenvalue weighted by molar-refractivity contribution is -0.139. The number of halogens is 1. The molecule has 1 rings (SSSR count). The van der Waals surface area contributed by atoms with E-state index in [0.717, 1.165) is 0 Å². The van der Waals surface area contributed by atoms with Gasteiger partial charge in [0.15, 0.2) is 6.04 Å². The summed E-state index contributed by atoms with van der Waals surface area (Å²) in [7, 11) is 0. The highest BCUT2D eigenvalue weighted by molar-refractivity contribution is 6.31. The number of urea groups is 1. The van der Waals surface area contributed by atoms with Crippen LogP contribution in [0.5, 0.6) is 0 Å². The summed E-state index contributed by atoms with van der Waals surface area (Å²) >= 11 is 5.97. The summed E-state index contributed by atoms with van der Waals surface area (Å²) in [5.74, 6) is -1.20. The maximum atomic E-state index is 12.1. The minimum Gasteiger partial charge on any atom is -0.479 e. The Morgan fingerprint density at radius 3 is 2.67 bits per heavy atom. The Morgan fingerprint density at radius 1 is 1.48 bits per heavy atom. The molecule has 1 aromatic rings. The number of carbonyl (C=O) groups excluding carboxylic acids is 1. The van der Waals surface area contributed by atoms with Gasteiger partial charge in [0.1, 0.15) is 0 Å². The van der Waals surface area contributed by atoms with Crippen LogP contribution in [-0.4, -0.2) is 35.1 Å². The van der Waals surface area contributed by atoms with Gasteiger partial charge in [-0.25, -0.2) is 9.59 Å². The minimum absolute atomic E-state index is 0.186. The van der Waals surface area contributed by atoms with Crippen molar-refractivity contribution in [1.29, 1.82) is 5.26 Å². The normalized spacial score (nSPS) is 11.3. The van der Waals surface area contributed by atoms with Gasteiger partial charge in [-0.05, 0) is 13.0 Å². The molecule has 0 aliphatic carbocycles. The number of hydrogen-bond acceptors (Lipinski definition) is 3. The summed E-state index contributed by atoms with van der Waals surface area (Å²) in [5.41, 5.74) is 0.316. The number of carbonyl (C=O) groups is 2. The quantitative estimate of drug-likeness (QED) is 0.843. The Bertz CT molecular complexity index is 557. The molecular weight excluding hydrogens is 294 g/mol. The molecule has 0 aliphatic rings. The first-order valence-corrected chi connectivity index (χ1v) is 6.78. The smallest absolute Gasteiger partial charge is 0.331 e. The zero-order valence-electron chi connectivity index (χ0n) is 11.5. The van der Waals surface area contributed by atoms with Crippen LogP contribution in [0.3, 0.4) is 0 Å². The van der Waals surface area contributed by atoms with Crippen LogP contribution in [0.25, 0.3) is 0 Å². The van der Waals surface area contributed by atoms with Gasteiger partial charge in [-0.15, -0.1) is 0 Å². The van der Waals surface area contributed by atoms with E-state index < -0.39 is 18.0 Å². The molecule has 0 fully saturated rings. The highest BCUT2D eigenvalue weighted by Gasteiger charge is 2.25. The van der Waals surface area contributed by atoms with E-state index in [1.165, 1.54) is 4.90 Å². The van der Waals surface area contributed by atoms with Crippen molar-refractivity contribution in [3.63, 3.8) is 0 Å². The predicted molar refractivity (Wildman–Crippen MR) is 77.8 cm³/mol. The number of hydrogen-bond donors (Lipinski definition) is 2. The fourth-order valence-electron chi connectivity index (χ4n) is 1.78. The molecule has 0 saturated heterocycles. The van der Waals surface area contributed by atoms with E-state index in [4.69, 9.17) is 16.9 Å². The van der Waals surface area contributed by atoms with Crippen LogP contribution >= 0.6 is 11.6 Å². The van der Waals surface area contributed by atoms with Gasteiger partial charge in [0.25, 0.3) is 0 Å². The second kappa shape index (κ2) is 8.12. The van der Waals surface area contributed by atoms with Crippen molar-refractivity contribution in [1.82, 2.24) is 10.2 Å². The van der Waals surface area contributed by atoms with Crippen molar-refractivity contribution >= 4 is 23.6 Å². The third-order valence-electron chi connectivity index (χ3n) is 2.89. The Morgan fingerprint density at radius 2 is 2.14 bits per heavy atom. The van der Waals surface area contributed by atoms with Gasteiger partial charge in [0.2, 0.25) is 0 Å². The van der Waals surface area contributed by atoms with E-state index in [1.54, 1.807) is 31.2 Å².